The van der Waals surface area contributed by atoms with Crippen molar-refractivity contribution in [2.45, 2.75) is 31.1 Å². The standard InChI is InChI=1S/C43H39FN4O6/c1-25-7-10-28(11-8-25)45-48-40(51)34-24-33-31(38(26-9-18-36(49)35(44)23-26)43(34,42(48)53)27-5-3-2-4-6-27)16-17-32-37(33)41(52)47(39(32)50)30-14-12-29(13-15-30)46-19-21-54-22-20-46/h2-16,18,23,32-34,37-38,45,49H,17,19-22,24H2,1H3/t32-,33+,34-,37-,38-,43+/m0/s1. The lowest BCUT2D eigenvalue weighted by Gasteiger charge is -2.50. The number of halogens is 1. The predicted molar refractivity (Wildman–Crippen MR) is 199 cm³/mol. The summed E-state index contributed by atoms with van der Waals surface area (Å²) in [5, 5.41) is 11.3. The number of allylic oxidation sites excluding steroid dienone is 2. The first-order valence-corrected chi connectivity index (χ1v) is 18.4. The number of amides is 4. The van der Waals surface area contributed by atoms with Crippen LogP contribution in [0.4, 0.5) is 21.5 Å². The van der Waals surface area contributed by atoms with Gasteiger partial charge in [0, 0.05) is 24.7 Å². The predicted octanol–water partition coefficient (Wildman–Crippen LogP) is 5.87. The first kappa shape index (κ1) is 34.0. The van der Waals surface area contributed by atoms with E-state index < -0.39 is 58.4 Å². The molecular formula is C43H39FN4O6. The first-order valence-electron chi connectivity index (χ1n) is 18.4. The van der Waals surface area contributed by atoms with Crippen molar-refractivity contribution in [3.8, 4) is 5.75 Å². The Morgan fingerprint density at radius 2 is 1.52 bits per heavy atom. The van der Waals surface area contributed by atoms with Crippen molar-refractivity contribution in [1.82, 2.24) is 5.01 Å². The van der Waals surface area contributed by atoms with Crippen LogP contribution in [-0.4, -0.2) is 60.0 Å². The smallest absolute Gasteiger partial charge is 0.260 e. The molecule has 0 unspecified atom stereocenters. The van der Waals surface area contributed by atoms with E-state index in [0.717, 1.165) is 29.3 Å². The van der Waals surface area contributed by atoms with Gasteiger partial charge in [0.25, 0.3) is 11.8 Å². The fourth-order valence-electron chi connectivity index (χ4n) is 9.71. The Labute approximate surface area is 311 Å². The summed E-state index contributed by atoms with van der Waals surface area (Å²) in [6.07, 6.45) is 2.30. The number of ether oxygens (including phenoxy) is 1. The van der Waals surface area contributed by atoms with Gasteiger partial charge in [-0.25, -0.2) is 4.39 Å². The van der Waals surface area contributed by atoms with E-state index in [0.29, 0.717) is 41.3 Å². The summed E-state index contributed by atoms with van der Waals surface area (Å²) < 4.78 is 20.8. The van der Waals surface area contributed by atoms with Crippen molar-refractivity contribution in [3.05, 3.63) is 131 Å². The zero-order valence-electron chi connectivity index (χ0n) is 29.7. The highest BCUT2D eigenvalue weighted by atomic mass is 19.1. The van der Waals surface area contributed by atoms with E-state index in [9.17, 15) is 19.5 Å². The number of morpholine rings is 1. The number of fused-ring (bicyclic) bond motifs is 4. The van der Waals surface area contributed by atoms with Gasteiger partial charge in [0.1, 0.15) is 0 Å². The average Bonchev–Trinajstić information content (AvgIpc) is 3.58. The van der Waals surface area contributed by atoms with Crippen LogP contribution in [0.15, 0.2) is 109 Å². The Morgan fingerprint density at radius 1 is 0.815 bits per heavy atom. The molecular weight excluding hydrogens is 687 g/mol. The number of phenols is 1. The van der Waals surface area contributed by atoms with Crippen LogP contribution in [0.3, 0.4) is 0 Å². The highest BCUT2D eigenvalue weighted by molar-refractivity contribution is 6.22. The summed E-state index contributed by atoms with van der Waals surface area (Å²) in [6, 6.07) is 27.9. The van der Waals surface area contributed by atoms with E-state index in [2.05, 4.69) is 10.3 Å². The summed E-state index contributed by atoms with van der Waals surface area (Å²) in [4.78, 5) is 62.3. The van der Waals surface area contributed by atoms with Gasteiger partial charge in [-0.3, -0.25) is 29.5 Å². The highest BCUT2D eigenvalue weighted by Gasteiger charge is 2.70. The Morgan fingerprint density at radius 3 is 2.22 bits per heavy atom. The Balaban J connectivity index is 1.16. The number of aryl methyl sites for hydroxylation is 1. The first-order chi connectivity index (χ1) is 26.2. The second-order valence-corrected chi connectivity index (χ2v) is 14.9. The lowest BCUT2D eigenvalue weighted by Crippen LogP contribution is -2.53. The third-order valence-electron chi connectivity index (χ3n) is 12.2. The molecule has 10 nitrogen and oxygen atoms in total. The normalized spacial score (nSPS) is 27.8. The summed E-state index contributed by atoms with van der Waals surface area (Å²) in [7, 11) is 0. The topological polar surface area (TPSA) is 119 Å². The Bertz CT molecular complexity index is 2200. The van der Waals surface area contributed by atoms with Crippen molar-refractivity contribution in [1.29, 1.82) is 0 Å². The maximum absolute atomic E-state index is 15.4. The number of imide groups is 2. The van der Waals surface area contributed by atoms with Gasteiger partial charge >= 0.3 is 0 Å². The molecule has 4 aromatic carbocycles. The molecule has 11 heteroatoms. The average molecular weight is 727 g/mol. The van der Waals surface area contributed by atoms with Crippen molar-refractivity contribution >= 4 is 40.7 Å². The molecule has 0 aromatic heterocycles. The van der Waals surface area contributed by atoms with Gasteiger partial charge in [-0.2, -0.15) is 5.01 Å². The number of anilines is 3. The van der Waals surface area contributed by atoms with Crippen molar-refractivity contribution in [3.63, 3.8) is 0 Å². The Kier molecular flexibility index (Phi) is 8.15. The number of phenolic OH excluding ortho intramolecular Hbond substituents is 1. The molecule has 2 N–H and O–H groups in total. The molecule has 3 heterocycles. The molecule has 274 valence electrons. The maximum Gasteiger partial charge on any atom is 0.260 e. The molecule has 0 spiro atoms. The lowest BCUT2D eigenvalue weighted by atomic mass is 9.49. The van der Waals surface area contributed by atoms with E-state index in [4.69, 9.17) is 4.74 Å². The molecule has 1 saturated carbocycles. The summed E-state index contributed by atoms with van der Waals surface area (Å²) in [5.41, 5.74) is 6.22. The van der Waals surface area contributed by atoms with Crippen LogP contribution in [0.2, 0.25) is 0 Å². The SMILES string of the molecule is Cc1ccc(NN2C(=O)[C@@H]3C[C@@H]4C(=CC[C@@H]5C(=O)N(c6ccc(N7CCOCC7)cc6)C(=O)[C@@H]54)[C@H](c4ccc(O)c(F)c4)[C@]3(c3ccccc3)C2=O)cc1. The van der Waals surface area contributed by atoms with Gasteiger partial charge in [-0.15, -0.1) is 0 Å². The molecule has 6 atom stereocenters. The molecule has 54 heavy (non-hydrogen) atoms. The third kappa shape index (κ3) is 5.09. The van der Waals surface area contributed by atoms with Crippen LogP contribution in [0.5, 0.6) is 5.75 Å². The number of hydrazine groups is 1. The molecule has 4 fully saturated rings. The second kappa shape index (κ2) is 12.9. The van der Waals surface area contributed by atoms with E-state index in [-0.39, 0.29) is 24.7 Å². The number of carbonyl (C=O) groups is 4. The molecule has 0 bridgehead atoms. The lowest BCUT2D eigenvalue weighted by molar-refractivity contribution is -0.138. The van der Waals surface area contributed by atoms with Gasteiger partial charge in [-0.05, 0) is 85.3 Å². The molecule has 2 aliphatic carbocycles. The van der Waals surface area contributed by atoms with Crippen LogP contribution in [0.25, 0.3) is 0 Å². The number of benzene rings is 4. The minimum Gasteiger partial charge on any atom is -0.505 e. The summed E-state index contributed by atoms with van der Waals surface area (Å²) >= 11 is 0. The zero-order valence-corrected chi connectivity index (χ0v) is 29.7. The fourth-order valence-corrected chi connectivity index (χ4v) is 9.71. The van der Waals surface area contributed by atoms with Crippen molar-refractivity contribution in [2.75, 3.05) is 41.5 Å². The second-order valence-electron chi connectivity index (χ2n) is 14.9. The molecule has 5 aliphatic rings. The van der Waals surface area contributed by atoms with Gasteiger partial charge in [0.15, 0.2) is 11.6 Å². The van der Waals surface area contributed by atoms with Gasteiger partial charge in [0.2, 0.25) is 11.8 Å². The van der Waals surface area contributed by atoms with E-state index in [1.54, 1.807) is 30.3 Å². The Hall–Kier alpha value is -5.81. The number of nitrogens with zero attached hydrogens (tertiary/aromatic N) is 3. The number of carbonyl (C=O) groups excluding carboxylic acids is 4. The highest BCUT2D eigenvalue weighted by Crippen LogP contribution is 2.64. The third-order valence-corrected chi connectivity index (χ3v) is 12.2. The fraction of sp³-hybridized carbons (Fsp3) is 0.302. The van der Waals surface area contributed by atoms with Crippen LogP contribution in [0, 0.1) is 36.4 Å². The molecule has 4 aromatic rings. The number of nitrogens with one attached hydrogen (secondary N) is 1. The van der Waals surface area contributed by atoms with Gasteiger partial charge in [-0.1, -0.05) is 65.7 Å². The van der Waals surface area contributed by atoms with Crippen molar-refractivity contribution < 1.29 is 33.4 Å². The molecule has 3 saturated heterocycles. The molecule has 4 amide bonds. The van der Waals surface area contributed by atoms with Crippen LogP contribution < -0.4 is 15.2 Å². The summed E-state index contributed by atoms with van der Waals surface area (Å²) in [5.74, 6) is -6.97. The number of aromatic hydroxyl groups is 1. The van der Waals surface area contributed by atoms with Crippen LogP contribution in [-0.2, 0) is 29.3 Å². The maximum atomic E-state index is 15.4. The van der Waals surface area contributed by atoms with E-state index in [1.165, 1.54) is 17.0 Å². The van der Waals surface area contributed by atoms with Gasteiger partial charge < -0.3 is 14.7 Å². The monoisotopic (exact) mass is 726 g/mol. The van der Waals surface area contributed by atoms with Crippen molar-refractivity contribution in [2.24, 2.45) is 23.7 Å². The minimum atomic E-state index is -1.53. The van der Waals surface area contributed by atoms with E-state index >= 15 is 9.18 Å². The molecule has 3 aliphatic heterocycles. The largest absolute Gasteiger partial charge is 0.505 e. The number of hydrogen-bond acceptors (Lipinski definition) is 8. The minimum absolute atomic E-state index is 0.123. The summed E-state index contributed by atoms with van der Waals surface area (Å²) in [6.45, 7) is 4.69. The van der Waals surface area contributed by atoms with Crippen LogP contribution in [0.1, 0.15) is 35.4 Å². The number of rotatable bonds is 6. The van der Waals surface area contributed by atoms with E-state index in [1.807, 2.05) is 67.6 Å². The van der Waals surface area contributed by atoms with Crippen LogP contribution >= 0.6 is 0 Å². The molecule has 9 rings (SSSR count). The van der Waals surface area contributed by atoms with Gasteiger partial charge in [0.05, 0.1) is 47.8 Å². The zero-order chi connectivity index (χ0) is 37.3. The molecule has 0 radical (unpaired) electrons. The quantitative estimate of drug-likeness (QED) is 0.187. The number of hydrogen-bond donors (Lipinski definition) is 2.